The molecule has 3 aromatic carbocycles. The molecule has 0 spiro atoms. The van der Waals surface area contributed by atoms with Gasteiger partial charge in [0.1, 0.15) is 11.7 Å². The van der Waals surface area contributed by atoms with E-state index in [1.54, 1.807) is 43.5 Å². The summed E-state index contributed by atoms with van der Waals surface area (Å²) in [5.41, 5.74) is 3.64. The summed E-state index contributed by atoms with van der Waals surface area (Å²) in [4.78, 5) is 44.4. The van der Waals surface area contributed by atoms with Crippen molar-refractivity contribution in [3.05, 3.63) is 94.1 Å². The molecule has 4 aromatic rings. The van der Waals surface area contributed by atoms with Crippen LogP contribution in [0.15, 0.2) is 66.7 Å². The minimum atomic E-state index is -0.933. The zero-order chi connectivity index (χ0) is 28.8. The first kappa shape index (κ1) is 31.7. The van der Waals surface area contributed by atoms with Crippen LogP contribution < -0.4 is 10.1 Å². The number of likely N-dealkylation sites (N-methyl/N-ethyl adjacent to an activating group) is 1. The molecule has 4 rings (SSSR count). The van der Waals surface area contributed by atoms with Crippen LogP contribution in [0.4, 0.5) is 5.69 Å². The Bertz CT molecular complexity index is 1510. The number of halogens is 2. The lowest BCUT2D eigenvalue weighted by Crippen LogP contribution is -2.32. The van der Waals surface area contributed by atoms with Gasteiger partial charge < -0.3 is 19.8 Å². The molecule has 0 saturated carbocycles. The number of fused-ring (bicyclic) bond motifs is 1. The van der Waals surface area contributed by atoms with Gasteiger partial charge in [0, 0.05) is 27.3 Å². The summed E-state index contributed by atoms with van der Waals surface area (Å²) in [5.74, 6) is -1.94. The Morgan fingerprint density at radius 3 is 2.24 bits per heavy atom. The van der Waals surface area contributed by atoms with Crippen LogP contribution in [0.1, 0.15) is 46.9 Å². The highest BCUT2D eigenvalue weighted by molar-refractivity contribution is 6.30. The smallest absolute Gasteiger partial charge is 0.345 e. The molecular formula is C31H33Cl2N3O5. The monoisotopic (exact) mass is 597 g/mol. The number of anilines is 1. The number of esters is 2. The molecule has 10 heteroatoms. The number of hydrogen-bond acceptors (Lipinski definition) is 6. The van der Waals surface area contributed by atoms with Crippen LogP contribution in [0, 0.1) is 6.92 Å². The summed E-state index contributed by atoms with van der Waals surface area (Å²) in [5, 5.41) is 4.14. The maximum atomic E-state index is 13.7. The van der Waals surface area contributed by atoms with Crippen molar-refractivity contribution in [2.75, 3.05) is 32.1 Å². The third kappa shape index (κ3) is 7.47. The van der Waals surface area contributed by atoms with Crippen molar-refractivity contribution < 1.29 is 23.9 Å². The first-order valence-corrected chi connectivity index (χ1v) is 13.4. The van der Waals surface area contributed by atoms with Gasteiger partial charge in [-0.15, -0.1) is 12.4 Å². The standard InChI is InChI=1S/C31H32ClN3O5.ClH/c1-5-35(6-2)18-27(36)34-23-13-9-20(10-14-23)29(31(38)40-30(37)21-7-11-22(32)12-8-21)28-19(3)33-26-16-15-24(39-4)17-25(26)28;/h7-17,29,33H,5-6,18H2,1-4H3,(H,34,36);1H. The lowest BCUT2D eigenvalue weighted by Gasteiger charge is -2.19. The number of amides is 1. The van der Waals surface area contributed by atoms with Crippen molar-refractivity contribution in [3.63, 3.8) is 0 Å². The van der Waals surface area contributed by atoms with Gasteiger partial charge in [0.2, 0.25) is 5.91 Å². The van der Waals surface area contributed by atoms with Crippen LogP contribution in [-0.2, 0) is 14.3 Å². The second kappa shape index (κ2) is 14.2. The molecule has 8 nitrogen and oxygen atoms in total. The number of nitrogens with one attached hydrogen (secondary N) is 2. The van der Waals surface area contributed by atoms with E-state index in [0.29, 0.717) is 27.6 Å². The van der Waals surface area contributed by atoms with Gasteiger partial charge in [0.25, 0.3) is 0 Å². The Hall–Kier alpha value is -3.85. The lowest BCUT2D eigenvalue weighted by molar-refractivity contribution is -0.138. The van der Waals surface area contributed by atoms with Crippen molar-refractivity contribution in [2.45, 2.75) is 26.7 Å². The van der Waals surface area contributed by atoms with Gasteiger partial charge in [-0.3, -0.25) is 14.5 Å². The number of aromatic amines is 1. The van der Waals surface area contributed by atoms with E-state index < -0.39 is 17.9 Å². The van der Waals surface area contributed by atoms with Gasteiger partial charge in [-0.2, -0.15) is 0 Å². The number of carbonyl (C=O) groups excluding carboxylic acids is 3. The largest absolute Gasteiger partial charge is 0.497 e. The first-order valence-electron chi connectivity index (χ1n) is 13.0. The van der Waals surface area contributed by atoms with Crippen molar-refractivity contribution in [2.24, 2.45) is 0 Å². The van der Waals surface area contributed by atoms with Crippen molar-refractivity contribution >= 4 is 58.4 Å². The zero-order valence-electron chi connectivity index (χ0n) is 23.3. The minimum Gasteiger partial charge on any atom is -0.497 e. The van der Waals surface area contributed by atoms with Gasteiger partial charge in [-0.05, 0) is 85.7 Å². The fourth-order valence-corrected chi connectivity index (χ4v) is 4.78. The summed E-state index contributed by atoms with van der Waals surface area (Å²) < 4.78 is 10.8. The number of hydrogen-bond donors (Lipinski definition) is 2. The van der Waals surface area contributed by atoms with Gasteiger partial charge in [-0.25, -0.2) is 4.79 Å². The maximum Gasteiger partial charge on any atom is 0.345 e. The van der Waals surface area contributed by atoms with Crippen LogP contribution in [0.25, 0.3) is 10.9 Å². The topological polar surface area (TPSA) is 101 Å². The molecule has 0 saturated heterocycles. The van der Waals surface area contributed by atoms with Crippen molar-refractivity contribution in [1.29, 1.82) is 0 Å². The molecule has 0 aliphatic rings. The molecule has 1 amide bonds. The molecule has 0 radical (unpaired) electrons. The Balaban J connectivity index is 0.00000462. The summed E-state index contributed by atoms with van der Waals surface area (Å²) in [6.45, 7) is 7.71. The van der Waals surface area contributed by atoms with E-state index in [0.717, 1.165) is 29.7 Å². The fraction of sp³-hybridized carbons (Fsp3) is 0.258. The highest BCUT2D eigenvalue weighted by atomic mass is 35.5. The molecule has 216 valence electrons. The lowest BCUT2D eigenvalue weighted by atomic mass is 9.89. The van der Waals surface area contributed by atoms with Crippen LogP contribution in [-0.4, -0.2) is 54.5 Å². The summed E-state index contributed by atoms with van der Waals surface area (Å²) in [6, 6.07) is 18.7. The van der Waals surface area contributed by atoms with Crippen LogP contribution in [0.5, 0.6) is 5.75 Å². The first-order chi connectivity index (χ1) is 19.2. The number of nitrogens with zero attached hydrogens (tertiary/aromatic N) is 1. The molecule has 1 atom stereocenters. The van der Waals surface area contributed by atoms with Crippen LogP contribution in [0.3, 0.4) is 0 Å². The number of methoxy groups -OCH3 is 1. The molecule has 1 heterocycles. The molecule has 1 unspecified atom stereocenters. The number of benzene rings is 3. The average Bonchev–Trinajstić information content (AvgIpc) is 3.27. The van der Waals surface area contributed by atoms with E-state index in [4.69, 9.17) is 21.1 Å². The Labute approximate surface area is 250 Å². The number of ether oxygens (including phenoxy) is 2. The third-order valence-electron chi connectivity index (χ3n) is 6.83. The third-order valence-corrected chi connectivity index (χ3v) is 7.08. The summed E-state index contributed by atoms with van der Waals surface area (Å²) in [6.07, 6.45) is 0. The predicted molar refractivity (Wildman–Crippen MR) is 163 cm³/mol. The van der Waals surface area contributed by atoms with E-state index in [-0.39, 0.29) is 30.4 Å². The van der Waals surface area contributed by atoms with Gasteiger partial charge in [-0.1, -0.05) is 37.6 Å². The molecule has 0 aliphatic heterocycles. The van der Waals surface area contributed by atoms with E-state index in [1.165, 1.54) is 12.1 Å². The van der Waals surface area contributed by atoms with E-state index in [9.17, 15) is 14.4 Å². The van der Waals surface area contributed by atoms with Gasteiger partial charge in [0.05, 0.1) is 19.2 Å². The number of H-pyrrole nitrogens is 1. The number of aryl methyl sites for hydroxylation is 1. The van der Waals surface area contributed by atoms with Gasteiger partial charge >= 0.3 is 11.9 Å². The Kier molecular flexibility index (Phi) is 10.9. The molecule has 0 fully saturated rings. The molecule has 0 bridgehead atoms. The highest BCUT2D eigenvalue weighted by Gasteiger charge is 2.31. The maximum absolute atomic E-state index is 13.7. The SMILES string of the molecule is CCN(CC)CC(=O)Nc1ccc(C(C(=O)OC(=O)c2ccc(Cl)cc2)c2c(C)[nH]c3ccc(OC)cc23)cc1.Cl. The van der Waals surface area contributed by atoms with E-state index >= 15 is 0 Å². The second-order valence-electron chi connectivity index (χ2n) is 9.36. The normalized spacial score (nSPS) is 11.6. The predicted octanol–water partition coefficient (Wildman–Crippen LogP) is 6.36. The quantitative estimate of drug-likeness (QED) is 0.163. The molecule has 41 heavy (non-hydrogen) atoms. The summed E-state index contributed by atoms with van der Waals surface area (Å²) >= 11 is 5.94. The second-order valence-corrected chi connectivity index (χ2v) is 9.79. The van der Waals surface area contributed by atoms with Crippen molar-refractivity contribution in [1.82, 2.24) is 9.88 Å². The molecule has 2 N–H and O–H groups in total. The van der Waals surface area contributed by atoms with Crippen LogP contribution >= 0.6 is 24.0 Å². The zero-order valence-corrected chi connectivity index (χ0v) is 24.9. The minimum absolute atomic E-state index is 0. The molecular weight excluding hydrogens is 565 g/mol. The molecule has 0 aliphatic carbocycles. The van der Waals surface area contributed by atoms with Crippen molar-refractivity contribution in [3.8, 4) is 5.75 Å². The molecule has 1 aromatic heterocycles. The van der Waals surface area contributed by atoms with Gasteiger partial charge in [0.15, 0.2) is 0 Å². The Morgan fingerprint density at radius 1 is 0.976 bits per heavy atom. The summed E-state index contributed by atoms with van der Waals surface area (Å²) in [7, 11) is 1.57. The van der Waals surface area contributed by atoms with E-state index in [2.05, 4.69) is 10.3 Å². The Morgan fingerprint density at radius 2 is 1.63 bits per heavy atom. The van der Waals surface area contributed by atoms with Crippen LogP contribution in [0.2, 0.25) is 5.02 Å². The van der Waals surface area contributed by atoms with E-state index in [1.807, 2.05) is 43.9 Å². The fourth-order valence-electron chi connectivity index (χ4n) is 4.65. The highest BCUT2D eigenvalue weighted by Crippen LogP contribution is 2.37. The number of aromatic nitrogens is 1. The number of rotatable bonds is 10. The number of carbonyl (C=O) groups is 3. The average molecular weight is 599 g/mol.